The predicted octanol–water partition coefficient (Wildman–Crippen LogP) is 3.47. The van der Waals surface area contributed by atoms with Crippen LogP contribution in [0.2, 0.25) is 0 Å². The highest BCUT2D eigenvalue weighted by Gasteiger charge is 2.23. The molecule has 1 aromatic carbocycles. The van der Waals surface area contributed by atoms with E-state index in [4.69, 9.17) is 5.26 Å². The van der Waals surface area contributed by atoms with Crippen molar-refractivity contribution in [2.75, 3.05) is 19.0 Å². The topological polar surface area (TPSA) is 77.0 Å². The summed E-state index contributed by atoms with van der Waals surface area (Å²) in [7, 11) is 3.51. The number of nitriles is 1. The molecule has 0 aliphatic rings. The Hall–Kier alpha value is -3.13. The van der Waals surface area contributed by atoms with Crippen molar-refractivity contribution in [3.8, 4) is 6.07 Å². The number of carbonyl (C=O) groups excluding carboxylic acids is 1. The third kappa shape index (κ3) is 3.60. The van der Waals surface area contributed by atoms with Gasteiger partial charge in [0.25, 0.3) is 5.56 Å². The van der Waals surface area contributed by atoms with Gasteiger partial charge >= 0.3 is 0 Å². The fourth-order valence-corrected chi connectivity index (χ4v) is 3.09. The van der Waals surface area contributed by atoms with E-state index in [9.17, 15) is 9.59 Å². The van der Waals surface area contributed by atoms with E-state index in [0.717, 1.165) is 16.7 Å². The predicted molar refractivity (Wildman–Crippen MR) is 105 cm³/mol. The molecule has 2 aromatic rings. The highest BCUT2D eigenvalue weighted by atomic mass is 16.1. The molecule has 0 aliphatic heterocycles. The number of nitrogens with zero attached hydrogens (tertiary/aromatic N) is 2. The van der Waals surface area contributed by atoms with Gasteiger partial charge in [-0.25, -0.2) is 0 Å². The van der Waals surface area contributed by atoms with Crippen molar-refractivity contribution in [1.82, 2.24) is 4.98 Å². The van der Waals surface area contributed by atoms with Gasteiger partial charge in [-0.2, -0.15) is 5.26 Å². The summed E-state index contributed by atoms with van der Waals surface area (Å²) in [5, 5.41) is 8.84. The van der Waals surface area contributed by atoms with Crippen molar-refractivity contribution >= 4 is 17.0 Å². The Bertz CT molecular complexity index is 976. The quantitative estimate of drug-likeness (QED) is 0.662. The lowest BCUT2D eigenvalue weighted by atomic mass is 9.93. The number of pyridine rings is 1. The standard InChI is InChI=1S/C21H23N3O2/c1-6-17-14(3)23-21(26)19(24(4)5)18(17)20(25)16-9-7-8-15(12-16)13(2)10-11-22/h7-10,12H,6H2,1-5H3,(H,23,26)/b13-10+. The maximum Gasteiger partial charge on any atom is 0.272 e. The summed E-state index contributed by atoms with van der Waals surface area (Å²) in [6.45, 7) is 5.60. The fourth-order valence-electron chi connectivity index (χ4n) is 3.09. The highest BCUT2D eigenvalue weighted by molar-refractivity contribution is 6.13. The summed E-state index contributed by atoms with van der Waals surface area (Å²) >= 11 is 0. The second-order valence-electron chi connectivity index (χ2n) is 6.40. The number of benzene rings is 1. The van der Waals surface area contributed by atoms with Gasteiger partial charge in [-0.15, -0.1) is 0 Å². The Labute approximate surface area is 153 Å². The molecule has 1 aromatic heterocycles. The lowest BCUT2D eigenvalue weighted by Gasteiger charge is -2.20. The van der Waals surface area contributed by atoms with Crippen molar-refractivity contribution in [1.29, 1.82) is 5.26 Å². The van der Waals surface area contributed by atoms with Gasteiger partial charge in [-0.05, 0) is 43.0 Å². The second kappa shape index (κ2) is 7.83. The third-order valence-electron chi connectivity index (χ3n) is 4.40. The van der Waals surface area contributed by atoms with Gasteiger partial charge < -0.3 is 9.88 Å². The van der Waals surface area contributed by atoms with Crippen LogP contribution in [0.25, 0.3) is 5.57 Å². The van der Waals surface area contributed by atoms with Crippen LogP contribution in [0.3, 0.4) is 0 Å². The molecular weight excluding hydrogens is 326 g/mol. The summed E-state index contributed by atoms with van der Waals surface area (Å²) < 4.78 is 0. The number of carbonyl (C=O) groups is 1. The third-order valence-corrected chi connectivity index (χ3v) is 4.40. The number of rotatable bonds is 5. The summed E-state index contributed by atoms with van der Waals surface area (Å²) in [6, 6.07) is 9.15. The maximum absolute atomic E-state index is 13.3. The molecule has 0 saturated carbocycles. The number of H-pyrrole nitrogens is 1. The van der Waals surface area contributed by atoms with Crippen molar-refractivity contribution in [2.24, 2.45) is 0 Å². The summed E-state index contributed by atoms with van der Waals surface area (Å²) in [6.07, 6.45) is 2.08. The van der Waals surface area contributed by atoms with Gasteiger partial charge in [0.15, 0.2) is 5.78 Å². The Morgan fingerprint density at radius 2 is 1.96 bits per heavy atom. The smallest absolute Gasteiger partial charge is 0.272 e. The zero-order chi connectivity index (χ0) is 19.4. The van der Waals surface area contributed by atoms with Gasteiger partial charge in [0.2, 0.25) is 0 Å². The van der Waals surface area contributed by atoms with Crippen LogP contribution in [-0.2, 0) is 6.42 Å². The minimum atomic E-state index is -0.273. The molecule has 5 heteroatoms. The van der Waals surface area contributed by atoms with Crippen LogP contribution in [-0.4, -0.2) is 24.9 Å². The van der Waals surface area contributed by atoms with E-state index >= 15 is 0 Å². The molecule has 0 unspecified atom stereocenters. The number of hydrogen-bond donors (Lipinski definition) is 1. The Kier molecular flexibility index (Phi) is 5.78. The van der Waals surface area contributed by atoms with Crippen molar-refractivity contribution in [3.05, 3.63) is 68.6 Å². The molecule has 0 aliphatic carbocycles. The molecular formula is C21H23N3O2. The van der Waals surface area contributed by atoms with Gasteiger partial charge in [0, 0.05) is 31.4 Å². The molecule has 2 rings (SSSR count). The van der Waals surface area contributed by atoms with Gasteiger partial charge in [0.1, 0.15) is 5.69 Å². The second-order valence-corrected chi connectivity index (χ2v) is 6.40. The molecule has 0 bridgehead atoms. The number of ketones is 1. The first-order valence-corrected chi connectivity index (χ1v) is 8.46. The lowest BCUT2D eigenvalue weighted by molar-refractivity contribution is 0.103. The van der Waals surface area contributed by atoms with E-state index in [1.807, 2.05) is 32.9 Å². The first kappa shape index (κ1) is 19.2. The number of aromatic amines is 1. The minimum Gasteiger partial charge on any atom is -0.373 e. The SMILES string of the molecule is CCc1c(C)[nH]c(=O)c(N(C)C)c1C(=O)c1cccc(/C(C)=C/C#N)c1. The molecule has 0 saturated heterocycles. The number of allylic oxidation sites excluding steroid dienone is 2. The van der Waals surface area contributed by atoms with Crippen LogP contribution in [0.1, 0.15) is 46.6 Å². The Balaban J connectivity index is 2.72. The summed E-state index contributed by atoms with van der Waals surface area (Å²) in [5.41, 5.74) is 4.18. The number of anilines is 1. The van der Waals surface area contributed by atoms with Crippen molar-refractivity contribution < 1.29 is 4.79 Å². The summed E-state index contributed by atoms with van der Waals surface area (Å²) in [4.78, 5) is 30.3. The minimum absolute atomic E-state index is 0.189. The van der Waals surface area contributed by atoms with E-state index in [2.05, 4.69) is 4.98 Å². The van der Waals surface area contributed by atoms with Crippen LogP contribution >= 0.6 is 0 Å². The van der Waals surface area contributed by atoms with Crippen LogP contribution in [0.15, 0.2) is 35.1 Å². The number of nitrogens with one attached hydrogen (secondary N) is 1. The van der Waals surface area contributed by atoms with E-state index in [0.29, 0.717) is 28.9 Å². The van der Waals surface area contributed by atoms with E-state index in [1.54, 1.807) is 37.2 Å². The first-order valence-electron chi connectivity index (χ1n) is 8.46. The monoisotopic (exact) mass is 349 g/mol. The molecule has 0 radical (unpaired) electrons. The molecule has 1 N–H and O–H groups in total. The number of hydrogen-bond acceptors (Lipinski definition) is 4. The summed E-state index contributed by atoms with van der Waals surface area (Å²) in [5.74, 6) is -0.189. The molecule has 1 heterocycles. The molecule has 134 valence electrons. The van der Waals surface area contributed by atoms with Gasteiger partial charge in [-0.3, -0.25) is 9.59 Å². The molecule has 0 fully saturated rings. The van der Waals surface area contributed by atoms with Crippen molar-refractivity contribution in [3.63, 3.8) is 0 Å². The highest BCUT2D eigenvalue weighted by Crippen LogP contribution is 2.25. The Morgan fingerprint density at radius 3 is 2.54 bits per heavy atom. The molecule has 0 atom stereocenters. The van der Waals surface area contributed by atoms with E-state index < -0.39 is 0 Å². The van der Waals surface area contributed by atoms with Crippen LogP contribution in [0.5, 0.6) is 0 Å². The van der Waals surface area contributed by atoms with Crippen LogP contribution in [0.4, 0.5) is 5.69 Å². The molecule has 0 amide bonds. The molecule has 0 spiro atoms. The van der Waals surface area contributed by atoms with Crippen LogP contribution in [0, 0.1) is 18.3 Å². The van der Waals surface area contributed by atoms with Crippen molar-refractivity contribution in [2.45, 2.75) is 27.2 Å². The largest absolute Gasteiger partial charge is 0.373 e. The average Bonchev–Trinajstić information content (AvgIpc) is 2.60. The van der Waals surface area contributed by atoms with E-state index in [1.165, 1.54) is 6.08 Å². The molecule has 5 nitrogen and oxygen atoms in total. The van der Waals surface area contributed by atoms with E-state index in [-0.39, 0.29) is 11.3 Å². The van der Waals surface area contributed by atoms with Gasteiger partial charge in [0.05, 0.1) is 11.6 Å². The van der Waals surface area contributed by atoms with Crippen LogP contribution < -0.4 is 10.5 Å². The number of aromatic nitrogens is 1. The maximum atomic E-state index is 13.3. The zero-order valence-corrected chi connectivity index (χ0v) is 15.8. The average molecular weight is 349 g/mol. The number of aryl methyl sites for hydroxylation is 1. The molecule has 26 heavy (non-hydrogen) atoms. The first-order chi connectivity index (χ1) is 12.3. The van der Waals surface area contributed by atoms with Gasteiger partial charge in [-0.1, -0.05) is 25.1 Å². The normalized spacial score (nSPS) is 11.2. The Morgan fingerprint density at radius 1 is 1.31 bits per heavy atom. The fraction of sp³-hybridized carbons (Fsp3) is 0.286. The zero-order valence-electron chi connectivity index (χ0n) is 15.8. The lowest BCUT2D eigenvalue weighted by Crippen LogP contribution is -2.27.